The maximum atomic E-state index is 13.1. The number of carbonyl (C=O) groups excluding carboxylic acids is 2. The molecule has 0 aromatic carbocycles. The van der Waals surface area contributed by atoms with Gasteiger partial charge in [0.2, 0.25) is 11.8 Å². The quantitative estimate of drug-likeness (QED) is 0.615. The van der Waals surface area contributed by atoms with Crippen LogP contribution in [0.25, 0.3) is 0 Å². The first-order chi connectivity index (χ1) is 12.5. The van der Waals surface area contributed by atoms with E-state index in [0.717, 1.165) is 13.0 Å². The molecule has 3 atom stereocenters. The number of rotatable bonds is 7. The standard InChI is InChI=1S/C21H37N3O2.ClH/c1-15(17-7-3-4-8-17)23-19(25)13-21(11-12-22-14-21)20(26)24-16(2)18-9-5-6-10-18;/h15-18,22H,3-14H2,1-2H3,(H,23,25)(H,24,26);1H. The Labute approximate surface area is 170 Å². The third-order valence-corrected chi connectivity index (χ3v) is 7.19. The number of amides is 2. The molecule has 1 saturated heterocycles. The Morgan fingerprint density at radius 2 is 1.48 bits per heavy atom. The van der Waals surface area contributed by atoms with Crippen LogP contribution < -0.4 is 16.0 Å². The predicted octanol–water partition coefficient (Wildman–Crippen LogP) is 3.17. The van der Waals surface area contributed by atoms with Gasteiger partial charge in [-0.15, -0.1) is 12.4 Å². The molecule has 3 aliphatic rings. The molecule has 2 amide bonds. The summed E-state index contributed by atoms with van der Waals surface area (Å²) in [5.74, 6) is 1.32. The van der Waals surface area contributed by atoms with E-state index in [-0.39, 0.29) is 36.3 Å². The van der Waals surface area contributed by atoms with Crippen molar-refractivity contribution in [2.75, 3.05) is 13.1 Å². The molecule has 3 fully saturated rings. The lowest BCUT2D eigenvalue weighted by Gasteiger charge is -2.31. The fourth-order valence-electron chi connectivity index (χ4n) is 5.29. The van der Waals surface area contributed by atoms with E-state index in [1.54, 1.807) is 0 Å². The second-order valence-corrected chi connectivity index (χ2v) is 9.09. The first-order valence-corrected chi connectivity index (χ1v) is 10.8. The number of carbonyl (C=O) groups is 2. The molecule has 0 aromatic heterocycles. The van der Waals surface area contributed by atoms with Crippen LogP contribution in [-0.2, 0) is 9.59 Å². The molecule has 3 rings (SSSR count). The summed E-state index contributed by atoms with van der Waals surface area (Å²) in [4.78, 5) is 25.8. The van der Waals surface area contributed by atoms with Crippen molar-refractivity contribution in [2.24, 2.45) is 17.3 Å². The minimum absolute atomic E-state index is 0. The third-order valence-electron chi connectivity index (χ3n) is 7.19. The maximum Gasteiger partial charge on any atom is 0.228 e. The molecule has 156 valence electrons. The molecule has 1 aliphatic heterocycles. The van der Waals surface area contributed by atoms with Gasteiger partial charge in [-0.2, -0.15) is 0 Å². The Morgan fingerprint density at radius 1 is 0.963 bits per heavy atom. The van der Waals surface area contributed by atoms with Crippen LogP contribution in [0.15, 0.2) is 0 Å². The normalized spacial score (nSPS) is 28.5. The second kappa shape index (κ2) is 10.1. The van der Waals surface area contributed by atoms with Crippen LogP contribution in [0.4, 0.5) is 0 Å². The van der Waals surface area contributed by atoms with Crippen LogP contribution in [0.1, 0.15) is 78.1 Å². The lowest BCUT2D eigenvalue weighted by atomic mass is 9.81. The van der Waals surface area contributed by atoms with Crippen LogP contribution >= 0.6 is 12.4 Å². The van der Waals surface area contributed by atoms with Crippen LogP contribution in [0.2, 0.25) is 0 Å². The van der Waals surface area contributed by atoms with Crippen molar-refractivity contribution in [2.45, 2.75) is 90.1 Å². The lowest BCUT2D eigenvalue weighted by molar-refractivity contribution is -0.136. The van der Waals surface area contributed by atoms with E-state index in [9.17, 15) is 9.59 Å². The highest BCUT2D eigenvalue weighted by atomic mass is 35.5. The van der Waals surface area contributed by atoms with Gasteiger partial charge in [-0.3, -0.25) is 9.59 Å². The molecule has 3 unspecified atom stereocenters. The molecular weight excluding hydrogens is 362 g/mol. The molecule has 6 heteroatoms. The summed E-state index contributed by atoms with van der Waals surface area (Å²) in [6.45, 7) is 5.68. The zero-order valence-corrected chi connectivity index (χ0v) is 17.8. The molecule has 0 aromatic rings. The van der Waals surface area contributed by atoms with Crippen molar-refractivity contribution in [3.63, 3.8) is 0 Å². The SMILES string of the molecule is CC(NC(=O)CC1(C(=O)NC(C)C2CCCC2)CCNC1)C1CCCC1.Cl. The summed E-state index contributed by atoms with van der Waals surface area (Å²) < 4.78 is 0. The van der Waals surface area contributed by atoms with Gasteiger partial charge in [0.25, 0.3) is 0 Å². The molecule has 2 aliphatic carbocycles. The zero-order chi connectivity index (χ0) is 18.6. The lowest BCUT2D eigenvalue weighted by Crippen LogP contribution is -2.50. The second-order valence-electron chi connectivity index (χ2n) is 9.09. The average molecular weight is 400 g/mol. The van der Waals surface area contributed by atoms with Gasteiger partial charge in [0.1, 0.15) is 0 Å². The maximum absolute atomic E-state index is 13.1. The van der Waals surface area contributed by atoms with E-state index in [0.29, 0.717) is 24.8 Å². The summed E-state index contributed by atoms with van der Waals surface area (Å²) in [7, 11) is 0. The minimum atomic E-state index is -0.577. The van der Waals surface area contributed by atoms with E-state index in [1.807, 2.05) is 0 Å². The molecule has 3 N–H and O–H groups in total. The highest BCUT2D eigenvalue weighted by Crippen LogP contribution is 2.33. The minimum Gasteiger partial charge on any atom is -0.353 e. The van der Waals surface area contributed by atoms with Gasteiger partial charge in [-0.25, -0.2) is 0 Å². The average Bonchev–Trinajstić information content (AvgIpc) is 3.36. The van der Waals surface area contributed by atoms with Crippen molar-refractivity contribution in [3.8, 4) is 0 Å². The topological polar surface area (TPSA) is 70.2 Å². The summed E-state index contributed by atoms with van der Waals surface area (Å²) in [5, 5.41) is 9.76. The summed E-state index contributed by atoms with van der Waals surface area (Å²) in [5.41, 5.74) is -0.577. The Bertz CT molecular complexity index is 496. The van der Waals surface area contributed by atoms with Crippen LogP contribution in [-0.4, -0.2) is 37.0 Å². The van der Waals surface area contributed by atoms with Gasteiger partial charge in [0, 0.05) is 25.0 Å². The van der Waals surface area contributed by atoms with Gasteiger partial charge in [-0.05, 0) is 64.3 Å². The van der Waals surface area contributed by atoms with Crippen LogP contribution in [0.3, 0.4) is 0 Å². The van der Waals surface area contributed by atoms with E-state index in [4.69, 9.17) is 0 Å². The molecule has 5 nitrogen and oxygen atoms in total. The Balaban J connectivity index is 0.00000261. The highest BCUT2D eigenvalue weighted by Gasteiger charge is 2.44. The molecule has 2 saturated carbocycles. The number of nitrogens with one attached hydrogen (secondary N) is 3. The Morgan fingerprint density at radius 3 is 1.96 bits per heavy atom. The first-order valence-electron chi connectivity index (χ1n) is 10.8. The smallest absolute Gasteiger partial charge is 0.228 e. The zero-order valence-electron chi connectivity index (χ0n) is 17.0. The first kappa shape index (κ1) is 22.5. The van der Waals surface area contributed by atoms with Gasteiger partial charge in [0.15, 0.2) is 0 Å². The monoisotopic (exact) mass is 399 g/mol. The fraction of sp³-hybridized carbons (Fsp3) is 0.905. The Kier molecular flexibility index (Phi) is 8.41. The van der Waals surface area contributed by atoms with Crippen molar-refractivity contribution in [1.29, 1.82) is 0 Å². The molecular formula is C21H38ClN3O2. The van der Waals surface area contributed by atoms with Crippen molar-refractivity contribution < 1.29 is 9.59 Å². The van der Waals surface area contributed by atoms with Gasteiger partial charge >= 0.3 is 0 Å². The summed E-state index contributed by atoms with van der Waals surface area (Å²) in [6.07, 6.45) is 11.0. The van der Waals surface area contributed by atoms with E-state index in [2.05, 4.69) is 29.8 Å². The fourth-order valence-corrected chi connectivity index (χ4v) is 5.29. The molecule has 0 bridgehead atoms. The van der Waals surface area contributed by atoms with Gasteiger partial charge < -0.3 is 16.0 Å². The van der Waals surface area contributed by atoms with Crippen molar-refractivity contribution in [3.05, 3.63) is 0 Å². The van der Waals surface area contributed by atoms with Crippen LogP contribution in [0.5, 0.6) is 0 Å². The number of halogens is 1. The third kappa shape index (κ3) is 5.60. The largest absolute Gasteiger partial charge is 0.353 e. The van der Waals surface area contributed by atoms with Gasteiger partial charge in [-0.1, -0.05) is 25.7 Å². The molecule has 0 spiro atoms. The number of hydrogen-bond donors (Lipinski definition) is 3. The summed E-state index contributed by atoms with van der Waals surface area (Å²) in [6, 6.07) is 0.430. The molecule has 0 radical (unpaired) electrons. The van der Waals surface area contributed by atoms with E-state index >= 15 is 0 Å². The van der Waals surface area contributed by atoms with E-state index in [1.165, 1.54) is 51.4 Å². The van der Waals surface area contributed by atoms with Crippen molar-refractivity contribution >= 4 is 24.2 Å². The predicted molar refractivity (Wildman–Crippen MR) is 111 cm³/mol. The van der Waals surface area contributed by atoms with E-state index < -0.39 is 5.41 Å². The van der Waals surface area contributed by atoms with Gasteiger partial charge in [0.05, 0.1) is 5.41 Å². The van der Waals surface area contributed by atoms with Crippen molar-refractivity contribution in [1.82, 2.24) is 16.0 Å². The highest BCUT2D eigenvalue weighted by molar-refractivity contribution is 5.89. The summed E-state index contributed by atoms with van der Waals surface area (Å²) >= 11 is 0. The molecule has 27 heavy (non-hydrogen) atoms. The Hall–Kier alpha value is -0.810. The van der Waals surface area contributed by atoms with Crippen LogP contribution in [0, 0.1) is 17.3 Å². The number of hydrogen-bond acceptors (Lipinski definition) is 3. The molecule has 1 heterocycles.